The van der Waals surface area contributed by atoms with Crippen LogP contribution in [0.4, 0.5) is 0 Å². The van der Waals surface area contributed by atoms with Crippen molar-refractivity contribution < 1.29 is 4.79 Å². The zero-order chi connectivity index (χ0) is 17.8. The molecule has 148 valence electrons. The Morgan fingerprint density at radius 1 is 1.16 bits per heavy atom. The van der Waals surface area contributed by atoms with Crippen molar-refractivity contribution in [3.63, 3.8) is 0 Å². The molecular weight excluding hydrogens is 429 g/mol. The van der Waals surface area contributed by atoms with Gasteiger partial charge in [-0.15, -0.1) is 24.0 Å². The van der Waals surface area contributed by atoms with Gasteiger partial charge >= 0.3 is 0 Å². The molecule has 1 aliphatic rings. The van der Waals surface area contributed by atoms with Crippen LogP contribution in [-0.4, -0.2) is 74.0 Å². The predicted octanol–water partition coefficient (Wildman–Crippen LogP) is 2.15. The summed E-state index contributed by atoms with van der Waals surface area (Å²) in [7, 11) is 0. The van der Waals surface area contributed by atoms with Crippen LogP contribution < -0.4 is 10.6 Å². The molecule has 1 unspecified atom stereocenters. The molecular formula is C18H38IN5O. The third-order valence-electron chi connectivity index (χ3n) is 4.42. The Bertz CT molecular complexity index is 382. The van der Waals surface area contributed by atoms with Crippen LogP contribution in [0, 0.1) is 5.92 Å². The lowest BCUT2D eigenvalue weighted by Gasteiger charge is -2.20. The van der Waals surface area contributed by atoms with Crippen LogP contribution in [0.5, 0.6) is 0 Å². The molecule has 0 bridgehead atoms. The summed E-state index contributed by atoms with van der Waals surface area (Å²) in [4.78, 5) is 21.1. The number of guanidine groups is 1. The van der Waals surface area contributed by atoms with E-state index >= 15 is 0 Å². The van der Waals surface area contributed by atoms with Gasteiger partial charge in [0, 0.05) is 45.7 Å². The molecule has 0 aliphatic carbocycles. The van der Waals surface area contributed by atoms with E-state index in [4.69, 9.17) is 0 Å². The molecule has 1 aliphatic heterocycles. The molecule has 0 aromatic carbocycles. The molecule has 6 nitrogen and oxygen atoms in total. The van der Waals surface area contributed by atoms with Crippen molar-refractivity contribution in [2.45, 2.75) is 47.0 Å². The van der Waals surface area contributed by atoms with Crippen molar-refractivity contribution in [3.8, 4) is 0 Å². The van der Waals surface area contributed by atoms with Gasteiger partial charge in [0.2, 0.25) is 5.91 Å². The summed E-state index contributed by atoms with van der Waals surface area (Å²) in [5.74, 6) is 1.57. The minimum absolute atomic E-state index is 0. The molecule has 0 saturated carbocycles. The van der Waals surface area contributed by atoms with Crippen molar-refractivity contribution in [1.82, 2.24) is 20.4 Å². The predicted molar refractivity (Wildman–Crippen MR) is 117 cm³/mol. The topological polar surface area (TPSA) is 60.0 Å². The Kier molecular flexibility index (Phi) is 14.3. The molecule has 0 spiro atoms. The van der Waals surface area contributed by atoms with Crippen LogP contribution in [0.1, 0.15) is 47.0 Å². The summed E-state index contributed by atoms with van der Waals surface area (Å²) >= 11 is 0. The monoisotopic (exact) mass is 467 g/mol. The summed E-state index contributed by atoms with van der Waals surface area (Å²) in [5.41, 5.74) is 0. The first-order valence-electron chi connectivity index (χ1n) is 9.62. The number of halogens is 1. The van der Waals surface area contributed by atoms with Crippen molar-refractivity contribution in [2.75, 3.05) is 52.4 Å². The second-order valence-electron chi connectivity index (χ2n) is 6.58. The van der Waals surface area contributed by atoms with E-state index in [-0.39, 0.29) is 29.9 Å². The summed E-state index contributed by atoms with van der Waals surface area (Å²) in [5, 5.41) is 6.54. The molecule has 1 heterocycles. The third kappa shape index (κ3) is 10.2. The van der Waals surface area contributed by atoms with Gasteiger partial charge < -0.3 is 20.4 Å². The summed E-state index contributed by atoms with van der Waals surface area (Å²) < 4.78 is 0. The maximum atomic E-state index is 12.0. The first-order chi connectivity index (χ1) is 11.6. The zero-order valence-corrected chi connectivity index (χ0v) is 18.8. The fraction of sp³-hybridized carbons (Fsp3) is 0.889. The second-order valence-corrected chi connectivity index (χ2v) is 6.58. The summed E-state index contributed by atoms with van der Waals surface area (Å²) in [6.07, 6.45) is 3.18. The second kappa shape index (κ2) is 14.6. The van der Waals surface area contributed by atoms with Gasteiger partial charge in [-0.05, 0) is 52.6 Å². The number of nitrogens with one attached hydrogen (secondary N) is 2. The Morgan fingerprint density at radius 2 is 1.80 bits per heavy atom. The molecule has 1 atom stereocenters. The number of carbonyl (C=O) groups excluding carboxylic acids is 1. The number of nitrogens with zero attached hydrogens (tertiary/aromatic N) is 3. The quantitative estimate of drug-likeness (QED) is 0.294. The van der Waals surface area contributed by atoms with E-state index in [2.05, 4.69) is 34.4 Å². The summed E-state index contributed by atoms with van der Waals surface area (Å²) in [6, 6.07) is 0. The Labute approximate surface area is 171 Å². The van der Waals surface area contributed by atoms with Crippen molar-refractivity contribution in [1.29, 1.82) is 0 Å². The maximum absolute atomic E-state index is 12.0. The number of likely N-dealkylation sites (tertiary alicyclic amines) is 1. The van der Waals surface area contributed by atoms with E-state index in [9.17, 15) is 4.79 Å². The fourth-order valence-electron chi connectivity index (χ4n) is 3.07. The highest BCUT2D eigenvalue weighted by Gasteiger charge is 2.14. The van der Waals surface area contributed by atoms with Crippen LogP contribution in [0.2, 0.25) is 0 Å². The third-order valence-corrected chi connectivity index (χ3v) is 4.42. The molecule has 25 heavy (non-hydrogen) atoms. The fourth-order valence-corrected chi connectivity index (χ4v) is 3.07. The Hall–Kier alpha value is -0.570. The van der Waals surface area contributed by atoms with Crippen LogP contribution in [0.25, 0.3) is 0 Å². The lowest BCUT2D eigenvalue weighted by Crippen LogP contribution is -2.40. The highest BCUT2D eigenvalue weighted by molar-refractivity contribution is 14.0. The van der Waals surface area contributed by atoms with Crippen LogP contribution in [0.3, 0.4) is 0 Å². The first kappa shape index (κ1) is 24.4. The van der Waals surface area contributed by atoms with Gasteiger partial charge in [-0.25, -0.2) is 0 Å². The molecule has 7 heteroatoms. The highest BCUT2D eigenvalue weighted by Crippen LogP contribution is 2.10. The van der Waals surface area contributed by atoms with Crippen molar-refractivity contribution >= 4 is 35.8 Å². The maximum Gasteiger partial charge on any atom is 0.224 e. The van der Waals surface area contributed by atoms with Crippen molar-refractivity contribution in [2.24, 2.45) is 10.9 Å². The van der Waals surface area contributed by atoms with Crippen LogP contribution in [-0.2, 0) is 4.79 Å². The van der Waals surface area contributed by atoms with Crippen LogP contribution >= 0.6 is 24.0 Å². The lowest BCUT2D eigenvalue weighted by molar-refractivity contribution is -0.130. The van der Waals surface area contributed by atoms with Gasteiger partial charge in [0.1, 0.15) is 0 Å². The largest absolute Gasteiger partial charge is 0.357 e. The minimum atomic E-state index is 0. The smallest absolute Gasteiger partial charge is 0.224 e. The molecule has 0 aromatic heterocycles. The highest BCUT2D eigenvalue weighted by atomic mass is 127. The Balaban J connectivity index is 0.00000576. The molecule has 2 N–H and O–H groups in total. The number of amides is 1. The Morgan fingerprint density at radius 3 is 2.36 bits per heavy atom. The average Bonchev–Trinajstić information content (AvgIpc) is 3.06. The number of carbonyl (C=O) groups is 1. The number of aliphatic imine (C=N–C) groups is 1. The van der Waals surface area contributed by atoms with E-state index in [1.54, 1.807) is 0 Å². The molecule has 1 amide bonds. The van der Waals surface area contributed by atoms with Crippen LogP contribution in [0.15, 0.2) is 4.99 Å². The molecule has 0 radical (unpaired) electrons. The average molecular weight is 467 g/mol. The van der Waals surface area contributed by atoms with Gasteiger partial charge in [0.05, 0.1) is 0 Å². The first-order valence-corrected chi connectivity index (χ1v) is 9.62. The van der Waals surface area contributed by atoms with E-state index in [1.807, 2.05) is 18.7 Å². The van der Waals surface area contributed by atoms with Gasteiger partial charge in [-0.2, -0.15) is 0 Å². The minimum Gasteiger partial charge on any atom is -0.357 e. The normalized spacial score (nSPS) is 16.2. The van der Waals surface area contributed by atoms with Gasteiger partial charge in [0.25, 0.3) is 0 Å². The summed E-state index contributed by atoms with van der Waals surface area (Å²) in [6.45, 7) is 15.8. The number of hydrogen-bond donors (Lipinski definition) is 2. The zero-order valence-electron chi connectivity index (χ0n) is 16.5. The SMILES string of the molecule is CCNC(=NCC(C)CN1CCCC1)NCCC(=O)N(CC)CC.I. The lowest BCUT2D eigenvalue weighted by atomic mass is 10.2. The van der Waals surface area contributed by atoms with E-state index < -0.39 is 0 Å². The molecule has 0 aromatic rings. The van der Waals surface area contributed by atoms with E-state index in [1.165, 1.54) is 25.9 Å². The van der Waals surface area contributed by atoms with Gasteiger partial charge in [-0.3, -0.25) is 9.79 Å². The standard InChI is InChI=1S/C18H37N5O.HI/c1-5-19-18(20-11-10-17(24)23(6-2)7-3)21-14-16(4)15-22-12-8-9-13-22;/h16H,5-15H2,1-4H3,(H2,19,20,21);1H. The van der Waals surface area contributed by atoms with E-state index in [0.29, 0.717) is 18.9 Å². The van der Waals surface area contributed by atoms with Gasteiger partial charge in [-0.1, -0.05) is 6.92 Å². The number of hydrogen-bond acceptors (Lipinski definition) is 3. The van der Waals surface area contributed by atoms with E-state index in [0.717, 1.165) is 38.7 Å². The van der Waals surface area contributed by atoms with Crippen molar-refractivity contribution in [3.05, 3.63) is 0 Å². The number of rotatable bonds is 10. The molecule has 1 rings (SSSR count). The van der Waals surface area contributed by atoms with Gasteiger partial charge in [0.15, 0.2) is 5.96 Å². The molecule has 1 saturated heterocycles. The molecule has 1 fully saturated rings.